The first-order valence-corrected chi connectivity index (χ1v) is 6.44. The van der Waals surface area contributed by atoms with Crippen molar-refractivity contribution in [2.75, 3.05) is 7.11 Å². The summed E-state index contributed by atoms with van der Waals surface area (Å²) in [6.07, 6.45) is 5.18. The van der Waals surface area contributed by atoms with Crippen molar-refractivity contribution in [3.05, 3.63) is 23.9 Å². The number of pyridine rings is 1. The molecular formula is C14H24N2O. The summed E-state index contributed by atoms with van der Waals surface area (Å²) in [5.74, 6) is 0.720. The van der Waals surface area contributed by atoms with Crippen LogP contribution < -0.4 is 10.1 Å². The average Bonchev–Trinajstić information content (AvgIpc) is 2.41. The molecule has 0 bridgehead atoms. The second-order valence-electron chi connectivity index (χ2n) is 4.37. The Morgan fingerprint density at radius 3 is 2.41 bits per heavy atom. The lowest BCUT2D eigenvalue weighted by atomic mass is 9.89. The molecular weight excluding hydrogens is 212 g/mol. The highest BCUT2D eigenvalue weighted by atomic mass is 16.5. The van der Waals surface area contributed by atoms with Crippen LogP contribution in [-0.2, 0) is 6.54 Å². The van der Waals surface area contributed by atoms with E-state index in [1.807, 2.05) is 6.07 Å². The van der Waals surface area contributed by atoms with E-state index in [9.17, 15) is 0 Å². The molecule has 17 heavy (non-hydrogen) atoms. The Hall–Kier alpha value is -1.09. The standard InChI is InChI=1S/C14H24N2O/c1-5-14(6-2,7-3)16-11-12-9-8-10-15-13(12)17-4/h8-10,16H,5-7,11H2,1-4H3. The summed E-state index contributed by atoms with van der Waals surface area (Å²) in [4.78, 5) is 4.21. The summed E-state index contributed by atoms with van der Waals surface area (Å²) in [6.45, 7) is 7.52. The van der Waals surface area contributed by atoms with Gasteiger partial charge >= 0.3 is 0 Å². The number of nitrogens with zero attached hydrogens (tertiary/aromatic N) is 1. The number of rotatable bonds is 7. The number of nitrogens with one attached hydrogen (secondary N) is 1. The predicted molar refractivity (Wildman–Crippen MR) is 71.2 cm³/mol. The number of hydrogen-bond acceptors (Lipinski definition) is 3. The van der Waals surface area contributed by atoms with E-state index in [1.54, 1.807) is 13.3 Å². The van der Waals surface area contributed by atoms with Crippen molar-refractivity contribution in [2.45, 2.75) is 52.1 Å². The van der Waals surface area contributed by atoms with Gasteiger partial charge in [-0.3, -0.25) is 0 Å². The van der Waals surface area contributed by atoms with Crippen LogP contribution in [0.15, 0.2) is 18.3 Å². The lowest BCUT2D eigenvalue weighted by Crippen LogP contribution is -2.43. The maximum Gasteiger partial charge on any atom is 0.217 e. The molecule has 1 aromatic rings. The zero-order chi connectivity index (χ0) is 12.7. The second kappa shape index (κ2) is 6.60. The van der Waals surface area contributed by atoms with Crippen molar-refractivity contribution in [3.63, 3.8) is 0 Å². The Balaban J connectivity index is 2.71. The largest absolute Gasteiger partial charge is 0.481 e. The molecule has 0 atom stereocenters. The summed E-state index contributed by atoms with van der Waals surface area (Å²) in [6, 6.07) is 4.01. The SMILES string of the molecule is CCC(CC)(CC)NCc1cccnc1OC. The monoisotopic (exact) mass is 236 g/mol. The Bertz CT molecular complexity index is 326. The number of ether oxygens (including phenoxy) is 1. The highest BCUT2D eigenvalue weighted by molar-refractivity contribution is 5.25. The Kier molecular flexibility index (Phi) is 5.42. The van der Waals surface area contributed by atoms with Gasteiger partial charge in [0.1, 0.15) is 0 Å². The van der Waals surface area contributed by atoms with Crippen LogP contribution in [0.2, 0.25) is 0 Å². The van der Waals surface area contributed by atoms with Gasteiger partial charge in [-0.2, -0.15) is 0 Å². The fourth-order valence-corrected chi connectivity index (χ4v) is 2.15. The van der Waals surface area contributed by atoms with Gasteiger partial charge in [-0.25, -0.2) is 4.98 Å². The molecule has 0 saturated heterocycles. The van der Waals surface area contributed by atoms with E-state index < -0.39 is 0 Å². The minimum Gasteiger partial charge on any atom is -0.481 e. The van der Waals surface area contributed by atoms with Crippen molar-refractivity contribution in [1.29, 1.82) is 0 Å². The molecule has 1 rings (SSSR count). The molecule has 0 aliphatic rings. The fraction of sp³-hybridized carbons (Fsp3) is 0.643. The zero-order valence-electron chi connectivity index (χ0n) is 11.4. The summed E-state index contributed by atoms with van der Waals surface area (Å²) in [7, 11) is 1.67. The van der Waals surface area contributed by atoms with Gasteiger partial charge in [0.05, 0.1) is 7.11 Å². The van der Waals surface area contributed by atoms with Gasteiger partial charge < -0.3 is 10.1 Å². The predicted octanol–water partition coefficient (Wildman–Crippen LogP) is 3.15. The molecule has 1 heterocycles. The first-order chi connectivity index (χ1) is 8.21. The summed E-state index contributed by atoms with van der Waals surface area (Å²) in [5, 5.41) is 3.65. The summed E-state index contributed by atoms with van der Waals surface area (Å²) < 4.78 is 5.26. The molecule has 0 saturated carbocycles. The van der Waals surface area contributed by atoms with Crippen molar-refractivity contribution in [1.82, 2.24) is 10.3 Å². The molecule has 0 aliphatic heterocycles. The van der Waals surface area contributed by atoms with Gasteiger partial charge in [0, 0.05) is 23.8 Å². The van der Waals surface area contributed by atoms with Crippen molar-refractivity contribution < 1.29 is 4.74 Å². The molecule has 96 valence electrons. The first kappa shape index (κ1) is 14.0. The minimum absolute atomic E-state index is 0.237. The van der Waals surface area contributed by atoms with Gasteiger partial charge in [0.15, 0.2) is 0 Å². The van der Waals surface area contributed by atoms with Crippen molar-refractivity contribution in [3.8, 4) is 5.88 Å². The van der Waals surface area contributed by atoms with Crippen molar-refractivity contribution >= 4 is 0 Å². The molecule has 0 fully saturated rings. The molecule has 3 heteroatoms. The smallest absolute Gasteiger partial charge is 0.217 e. The van der Waals surface area contributed by atoms with Gasteiger partial charge in [0.2, 0.25) is 5.88 Å². The molecule has 0 radical (unpaired) electrons. The Morgan fingerprint density at radius 2 is 1.88 bits per heavy atom. The number of methoxy groups -OCH3 is 1. The van der Waals surface area contributed by atoms with E-state index in [2.05, 4.69) is 37.1 Å². The van der Waals surface area contributed by atoms with Crippen LogP contribution in [-0.4, -0.2) is 17.6 Å². The molecule has 0 aromatic carbocycles. The van der Waals surface area contributed by atoms with Crippen LogP contribution in [0.1, 0.15) is 45.6 Å². The van der Waals surface area contributed by atoms with Crippen LogP contribution in [0, 0.1) is 0 Å². The molecule has 0 amide bonds. The normalized spacial score (nSPS) is 11.5. The second-order valence-corrected chi connectivity index (χ2v) is 4.37. The average molecular weight is 236 g/mol. The van der Waals surface area contributed by atoms with E-state index in [0.29, 0.717) is 0 Å². The molecule has 1 N–H and O–H groups in total. The van der Waals surface area contributed by atoms with Gasteiger partial charge in [-0.1, -0.05) is 26.8 Å². The van der Waals surface area contributed by atoms with E-state index in [-0.39, 0.29) is 5.54 Å². The zero-order valence-corrected chi connectivity index (χ0v) is 11.4. The van der Waals surface area contributed by atoms with E-state index in [0.717, 1.165) is 37.3 Å². The van der Waals surface area contributed by atoms with Crippen LogP contribution >= 0.6 is 0 Å². The van der Waals surface area contributed by atoms with E-state index in [4.69, 9.17) is 4.74 Å². The van der Waals surface area contributed by atoms with Gasteiger partial charge in [-0.05, 0) is 25.3 Å². The third-order valence-corrected chi connectivity index (χ3v) is 3.73. The molecule has 3 nitrogen and oxygen atoms in total. The highest BCUT2D eigenvalue weighted by Gasteiger charge is 2.23. The first-order valence-electron chi connectivity index (χ1n) is 6.44. The number of aromatic nitrogens is 1. The van der Waals surface area contributed by atoms with E-state index >= 15 is 0 Å². The van der Waals surface area contributed by atoms with E-state index in [1.165, 1.54) is 0 Å². The highest BCUT2D eigenvalue weighted by Crippen LogP contribution is 2.21. The third-order valence-electron chi connectivity index (χ3n) is 3.73. The van der Waals surface area contributed by atoms with Crippen LogP contribution in [0.5, 0.6) is 5.88 Å². The molecule has 0 aliphatic carbocycles. The number of hydrogen-bond donors (Lipinski definition) is 1. The van der Waals surface area contributed by atoms with Gasteiger partial charge in [0.25, 0.3) is 0 Å². The fourth-order valence-electron chi connectivity index (χ4n) is 2.15. The maximum absolute atomic E-state index is 5.26. The quantitative estimate of drug-likeness (QED) is 0.789. The third kappa shape index (κ3) is 3.43. The molecule has 0 spiro atoms. The Morgan fingerprint density at radius 1 is 1.24 bits per heavy atom. The summed E-state index contributed by atoms with van der Waals surface area (Å²) >= 11 is 0. The minimum atomic E-state index is 0.237. The van der Waals surface area contributed by atoms with Crippen LogP contribution in [0.25, 0.3) is 0 Å². The van der Waals surface area contributed by atoms with Crippen molar-refractivity contribution in [2.24, 2.45) is 0 Å². The summed E-state index contributed by atoms with van der Waals surface area (Å²) in [5.41, 5.74) is 1.36. The van der Waals surface area contributed by atoms with Crippen LogP contribution in [0.4, 0.5) is 0 Å². The topological polar surface area (TPSA) is 34.2 Å². The maximum atomic E-state index is 5.26. The molecule has 1 aromatic heterocycles. The lowest BCUT2D eigenvalue weighted by molar-refractivity contribution is 0.285. The molecule has 0 unspecified atom stereocenters. The van der Waals surface area contributed by atoms with Crippen LogP contribution in [0.3, 0.4) is 0 Å². The lowest BCUT2D eigenvalue weighted by Gasteiger charge is -2.32. The van der Waals surface area contributed by atoms with Gasteiger partial charge in [-0.15, -0.1) is 0 Å². The Labute approximate surface area is 105 Å².